The number of alkyl halides is 1. The highest BCUT2D eigenvalue weighted by atomic mass is 19.1. The molecule has 0 aliphatic rings. The van der Waals surface area contributed by atoms with E-state index in [1.807, 2.05) is 0 Å². The van der Waals surface area contributed by atoms with Crippen LogP contribution in [0.2, 0.25) is 0 Å². The van der Waals surface area contributed by atoms with E-state index in [1.165, 1.54) is 25.3 Å². The van der Waals surface area contributed by atoms with Gasteiger partial charge in [-0.3, -0.25) is 4.79 Å². The van der Waals surface area contributed by atoms with Crippen LogP contribution in [0.5, 0.6) is 0 Å². The smallest absolute Gasteiger partial charge is 0.349 e. The number of hydrogen-bond acceptors (Lipinski definition) is 4. The summed E-state index contributed by atoms with van der Waals surface area (Å²) in [6, 6.07) is 2.72. The SMILES string of the molecule is CCOC(=O)[C@@H](F)C(=O)c1ccco1. The van der Waals surface area contributed by atoms with E-state index in [0.29, 0.717) is 0 Å². The van der Waals surface area contributed by atoms with E-state index in [1.54, 1.807) is 0 Å². The Bertz CT molecular complexity index is 318. The molecule has 1 rings (SSSR count). The maximum Gasteiger partial charge on any atom is 0.349 e. The molecule has 0 aromatic carbocycles. The molecule has 1 aromatic heterocycles. The molecule has 1 aromatic rings. The van der Waals surface area contributed by atoms with E-state index in [0.717, 1.165) is 0 Å². The lowest BCUT2D eigenvalue weighted by Gasteiger charge is -2.03. The van der Waals surface area contributed by atoms with Gasteiger partial charge >= 0.3 is 5.97 Å². The Hall–Kier alpha value is -1.65. The predicted molar refractivity (Wildman–Crippen MR) is 44.6 cm³/mol. The van der Waals surface area contributed by atoms with E-state index < -0.39 is 17.9 Å². The van der Waals surface area contributed by atoms with Crippen LogP contribution < -0.4 is 0 Å². The lowest BCUT2D eigenvalue weighted by atomic mass is 10.2. The zero-order valence-corrected chi connectivity index (χ0v) is 7.53. The molecule has 0 amide bonds. The van der Waals surface area contributed by atoms with Crippen molar-refractivity contribution in [2.24, 2.45) is 0 Å². The van der Waals surface area contributed by atoms with Crippen molar-refractivity contribution in [2.45, 2.75) is 13.1 Å². The van der Waals surface area contributed by atoms with Crippen molar-refractivity contribution < 1.29 is 23.1 Å². The van der Waals surface area contributed by atoms with Crippen molar-refractivity contribution >= 4 is 11.8 Å². The first-order valence-electron chi connectivity index (χ1n) is 4.05. The summed E-state index contributed by atoms with van der Waals surface area (Å²) < 4.78 is 22.0. The summed E-state index contributed by atoms with van der Waals surface area (Å²) in [5.74, 6) is -2.40. The second-order valence-electron chi connectivity index (χ2n) is 2.46. The zero-order valence-electron chi connectivity index (χ0n) is 7.53. The fraction of sp³-hybridized carbons (Fsp3) is 0.333. The van der Waals surface area contributed by atoms with Crippen LogP contribution in [-0.2, 0) is 9.53 Å². The van der Waals surface area contributed by atoms with Gasteiger partial charge in [-0.1, -0.05) is 0 Å². The van der Waals surface area contributed by atoms with Crippen molar-refractivity contribution in [1.82, 2.24) is 0 Å². The first-order valence-corrected chi connectivity index (χ1v) is 4.05. The van der Waals surface area contributed by atoms with Crippen LogP contribution in [0.25, 0.3) is 0 Å². The Labute approximate surface area is 79.7 Å². The largest absolute Gasteiger partial charge is 0.463 e. The first kappa shape index (κ1) is 10.4. The third-order valence-electron chi connectivity index (χ3n) is 1.49. The van der Waals surface area contributed by atoms with Gasteiger partial charge in [0.25, 0.3) is 6.17 Å². The Morgan fingerprint density at radius 1 is 1.64 bits per heavy atom. The number of esters is 1. The van der Waals surface area contributed by atoms with Crippen LogP contribution in [0.3, 0.4) is 0 Å². The minimum absolute atomic E-state index is 0.0324. The van der Waals surface area contributed by atoms with E-state index in [-0.39, 0.29) is 12.4 Å². The summed E-state index contributed by atoms with van der Waals surface area (Å²) >= 11 is 0. The molecular formula is C9H9FO4. The highest BCUT2D eigenvalue weighted by molar-refractivity contribution is 6.09. The zero-order chi connectivity index (χ0) is 10.6. The molecule has 0 unspecified atom stereocenters. The second-order valence-corrected chi connectivity index (χ2v) is 2.46. The molecule has 0 fully saturated rings. The number of Topliss-reactive ketones (excluding diaryl/α,β-unsaturated/α-hetero) is 1. The van der Waals surface area contributed by atoms with Crippen LogP contribution in [0.4, 0.5) is 4.39 Å². The van der Waals surface area contributed by atoms with Gasteiger partial charge in [-0.15, -0.1) is 0 Å². The topological polar surface area (TPSA) is 56.5 Å². The van der Waals surface area contributed by atoms with Crippen LogP contribution in [0.15, 0.2) is 22.8 Å². The van der Waals surface area contributed by atoms with Crippen LogP contribution in [0.1, 0.15) is 17.5 Å². The molecule has 0 N–H and O–H groups in total. The molecule has 0 saturated carbocycles. The highest BCUT2D eigenvalue weighted by Crippen LogP contribution is 2.08. The molecule has 14 heavy (non-hydrogen) atoms. The van der Waals surface area contributed by atoms with E-state index in [4.69, 9.17) is 0 Å². The minimum atomic E-state index is -2.30. The van der Waals surface area contributed by atoms with Crippen molar-refractivity contribution in [2.75, 3.05) is 6.61 Å². The number of ether oxygens (including phenoxy) is 1. The first-order chi connectivity index (χ1) is 6.66. The van der Waals surface area contributed by atoms with Gasteiger partial charge in [-0.05, 0) is 19.1 Å². The van der Waals surface area contributed by atoms with Crippen molar-refractivity contribution in [3.05, 3.63) is 24.2 Å². The maximum atomic E-state index is 13.1. The quantitative estimate of drug-likeness (QED) is 0.418. The van der Waals surface area contributed by atoms with Gasteiger partial charge in [0.2, 0.25) is 5.78 Å². The molecule has 0 aliphatic heterocycles. The van der Waals surface area contributed by atoms with Gasteiger partial charge in [0, 0.05) is 0 Å². The Balaban J connectivity index is 2.66. The van der Waals surface area contributed by atoms with Gasteiger partial charge in [0.15, 0.2) is 5.76 Å². The molecule has 1 atom stereocenters. The molecular weight excluding hydrogens is 191 g/mol. The fourth-order valence-electron chi connectivity index (χ4n) is 0.866. The third kappa shape index (κ3) is 2.18. The van der Waals surface area contributed by atoms with Crippen LogP contribution >= 0.6 is 0 Å². The summed E-state index contributed by atoms with van der Waals surface area (Å²) in [6.45, 7) is 1.56. The monoisotopic (exact) mass is 200 g/mol. The number of hydrogen-bond donors (Lipinski definition) is 0. The minimum Gasteiger partial charge on any atom is -0.463 e. The van der Waals surface area contributed by atoms with Gasteiger partial charge in [0.1, 0.15) is 0 Å². The lowest BCUT2D eigenvalue weighted by Crippen LogP contribution is -2.27. The van der Waals surface area contributed by atoms with E-state index in [2.05, 4.69) is 9.15 Å². The molecule has 5 heteroatoms. The standard InChI is InChI=1S/C9H9FO4/c1-2-13-9(12)7(10)8(11)6-4-3-5-14-6/h3-5,7H,2H2,1H3/t7-/m0/s1. The Kier molecular flexibility index (Phi) is 3.39. The van der Waals surface area contributed by atoms with Crippen molar-refractivity contribution in [1.29, 1.82) is 0 Å². The van der Waals surface area contributed by atoms with Crippen molar-refractivity contribution in [3.63, 3.8) is 0 Å². The molecule has 0 spiro atoms. The molecule has 0 radical (unpaired) electrons. The number of halogens is 1. The molecule has 4 nitrogen and oxygen atoms in total. The van der Waals surface area contributed by atoms with Gasteiger partial charge in [-0.2, -0.15) is 0 Å². The molecule has 76 valence electrons. The molecule has 0 aliphatic carbocycles. The van der Waals surface area contributed by atoms with Crippen molar-refractivity contribution in [3.8, 4) is 0 Å². The number of furan rings is 1. The van der Waals surface area contributed by atoms with Gasteiger partial charge in [-0.25, -0.2) is 9.18 Å². The molecule has 0 saturated heterocycles. The summed E-state index contributed by atoms with van der Waals surface area (Å²) in [4.78, 5) is 22.0. The maximum absolute atomic E-state index is 13.1. The average Bonchev–Trinajstić information content (AvgIpc) is 2.68. The summed E-state index contributed by atoms with van der Waals surface area (Å²) in [5.41, 5.74) is 0. The third-order valence-corrected chi connectivity index (χ3v) is 1.49. The number of carbonyl (C=O) groups is 2. The van der Waals surface area contributed by atoms with E-state index in [9.17, 15) is 14.0 Å². The fourth-order valence-corrected chi connectivity index (χ4v) is 0.866. The van der Waals surface area contributed by atoms with Gasteiger partial charge in [0.05, 0.1) is 12.9 Å². The normalized spacial score (nSPS) is 12.1. The Morgan fingerprint density at radius 2 is 2.36 bits per heavy atom. The summed E-state index contributed by atoms with van der Waals surface area (Å²) in [7, 11) is 0. The molecule has 0 bridgehead atoms. The summed E-state index contributed by atoms with van der Waals surface area (Å²) in [6.07, 6.45) is -1.08. The lowest BCUT2D eigenvalue weighted by molar-refractivity contribution is -0.147. The van der Waals surface area contributed by atoms with Crippen LogP contribution in [-0.4, -0.2) is 24.5 Å². The highest BCUT2D eigenvalue weighted by Gasteiger charge is 2.30. The Morgan fingerprint density at radius 3 is 2.86 bits per heavy atom. The number of ketones is 1. The number of carbonyl (C=O) groups excluding carboxylic acids is 2. The molecule has 1 heterocycles. The second kappa shape index (κ2) is 4.55. The summed E-state index contributed by atoms with van der Waals surface area (Å²) in [5, 5.41) is 0. The average molecular weight is 200 g/mol. The van der Waals surface area contributed by atoms with Gasteiger partial charge < -0.3 is 9.15 Å². The van der Waals surface area contributed by atoms with Crippen LogP contribution in [0, 0.1) is 0 Å². The predicted octanol–water partition coefficient (Wildman–Crippen LogP) is 1.36. The number of rotatable bonds is 4. The van der Waals surface area contributed by atoms with E-state index >= 15 is 0 Å².